The predicted molar refractivity (Wildman–Crippen MR) is 79.7 cm³/mol. The van der Waals surface area contributed by atoms with Gasteiger partial charge in [0.2, 0.25) is 0 Å². The molecule has 4 heteroatoms. The van der Waals surface area contributed by atoms with Crippen LogP contribution in [0.15, 0.2) is 49.2 Å². The maximum absolute atomic E-state index is 4.37. The lowest BCUT2D eigenvalue weighted by atomic mass is 10.1. The molecule has 4 rings (SSSR count). The number of hydrogen-bond donors (Lipinski definition) is 1. The Morgan fingerprint density at radius 3 is 2.95 bits per heavy atom. The van der Waals surface area contributed by atoms with Gasteiger partial charge in [0.1, 0.15) is 0 Å². The van der Waals surface area contributed by atoms with E-state index in [0.717, 1.165) is 23.3 Å². The van der Waals surface area contributed by atoms with E-state index in [2.05, 4.69) is 50.7 Å². The number of fused-ring (bicyclic) bond motifs is 3. The smallest absolute Gasteiger partial charge is 0.0949 e. The average molecular weight is 262 g/mol. The van der Waals surface area contributed by atoms with Gasteiger partial charge in [-0.1, -0.05) is 6.07 Å². The van der Waals surface area contributed by atoms with Gasteiger partial charge in [0, 0.05) is 41.6 Å². The molecule has 0 atom stereocenters. The normalized spacial score (nSPS) is 11.4. The first kappa shape index (κ1) is 11.2. The summed E-state index contributed by atoms with van der Waals surface area (Å²) >= 11 is 0. The topological polar surface area (TPSA) is 46.5 Å². The van der Waals surface area contributed by atoms with E-state index in [1.807, 2.05) is 24.9 Å². The molecule has 0 spiro atoms. The Bertz CT molecular complexity index is 888. The van der Waals surface area contributed by atoms with E-state index >= 15 is 0 Å². The second-order valence-electron chi connectivity index (χ2n) is 5.08. The maximum atomic E-state index is 4.37. The Hall–Kier alpha value is -2.62. The summed E-state index contributed by atoms with van der Waals surface area (Å²) in [5.41, 5.74) is 4.64. The molecule has 0 saturated heterocycles. The third-order valence-corrected chi connectivity index (χ3v) is 3.65. The van der Waals surface area contributed by atoms with Crippen LogP contribution in [0.25, 0.3) is 21.8 Å². The summed E-state index contributed by atoms with van der Waals surface area (Å²) in [4.78, 5) is 12.0. The molecule has 0 unspecified atom stereocenters. The summed E-state index contributed by atoms with van der Waals surface area (Å²) in [6.07, 6.45) is 7.50. The fraction of sp³-hybridized carbons (Fsp3) is 0.125. The zero-order chi connectivity index (χ0) is 13.5. The minimum absolute atomic E-state index is 0.825. The van der Waals surface area contributed by atoms with Gasteiger partial charge in [-0.25, -0.2) is 4.98 Å². The van der Waals surface area contributed by atoms with Crippen LogP contribution in [0.2, 0.25) is 0 Å². The Kier molecular flexibility index (Phi) is 2.36. The molecule has 1 aromatic carbocycles. The summed E-state index contributed by atoms with van der Waals surface area (Å²) in [6.45, 7) is 2.91. The molecule has 3 heterocycles. The van der Waals surface area contributed by atoms with Gasteiger partial charge in [0.05, 0.1) is 17.4 Å². The van der Waals surface area contributed by atoms with E-state index in [9.17, 15) is 0 Å². The molecule has 0 fully saturated rings. The van der Waals surface area contributed by atoms with Crippen molar-refractivity contribution in [3.63, 3.8) is 0 Å². The van der Waals surface area contributed by atoms with E-state index in [0.29, 0.717) is 0 Å². The number of aromatic amines is 1. The largest absolute Gasteiger partial charge is 0.358 e. The number of imidazole rings is 1. The third kappa shape index (κ3) is 1.69. The highest BCUT2D eigenvalue weighted by molar-refractivity contribution is 6.05. The molecule has 0 aliphatic heterocycles. The highest BCUT2D eigenvalue weighted by Crippen LogP contribution is 2.26. The number of nitrogens with zero attached hydrogens (tertiary/aromatic N) is 3. The first-order valence-corrected chi connectivity index (χ1v) is 6.63. The third-order valence-electron chi connectivity index (χ3n) is 3.65. The van der Waals surface area contributed by atoms with Crippen LogP contribution in [0.5, 0.6) is 0 Å². The van der Waals surface area contributed by atoms with E-state index in [-0.39, 0.29) is 0 Å². The summed E-state index contributed by atoms with van der Waals surface area (Å²) in [7, 11) is 0. The molecular formula is C16H14N4. The fourth-order valence-corrected chi connectivity index (χ4v) is 2.76. The zero-order valence-electron chi connectivity index (χ0n) is 11.2. The van der Waals surface area contributed by atoms with Crippen LogP contribution in [-0.4, -0.2) is 19.5 Å². The number of benzene rings is 1. The molecule has 4 aromatic rings. The summed E-state index contributed by atoms with van der Waals surface area (Å²) in [5, 5.41) is 2.42. The molecule has 20 heavy (non-hydrogen) atoms. The van der Waals surface area contributed by atoms with Crippen molar-refractivity contribution in [1.29, 1.82) is 0 Å². The van der Waals surface area contributed by atoms with Crippen LogP contribution in [-0.2, 0) is 6.54 Å². The minimum Gasteiger partial charge on any atom is -0.358 e. The first-order chi connectivity index (χ1) is 9.81. The first-order valence-electron chi connectivity index (χ1n) is 6.63. The van der Waals surface area contributed by atoms with Crippen LogP contribution in [0.4, 0.5) is 0 Å². The van der Waals surface area contributed by atoms with Crippen molar-refractivity contribution in [2.24, 2.45) is 0 Å². The number of aryl methyl sites for hydroxylation is 1. The number of nitrogens with one attached hydrogen (secondary N) is 1. The molecule has 0 bridgehead atoms. The minimum atomic E-state index is 0.825. The predicted octanol–water partition coefficient (Wildman–Crippen LogP) is 3.27. The number of aromatic nitrogens is 4. The maximum Gasteiger partial charge on any atom is 0.0949 e. The molecule has 3 aromatic heterocycles. The van der Waals surface area contributed by atoms with Crippen molar-refractivity contribution in [3.8, 4) is 0 Å². The van der Waals surface area contributed by atoms with E-state index in [1.54, 1.807) is 0 Å². The van der Waals surface area contributed by atoms with Crippen LogP contribution in [0.1, 0.15) is 11.3 Å². The molecule has 1 N–H and O–H groups in total. The molecule has 98 valence electrons. The monoisotopic (exact) mass is 262 g/mol. The summed E-state index contributed by atoms with van der Waals surface area (Å²) in [5.74, 6) is 0. The van der Waals surface area contributed by atoms with E-state index < -0.39 is 0 Å². The average Bonchev–Trinajstić information content (AvgIpc) is 3.08. The Morgan fingerprint density at radius 2 is 2.10 bits per heavy atom. The van der Waals surface area contributed by atoms with Crippen LogP contribution < -0.4 is 0 Å². The highest BCUT2D eigenvalue weighted by Gasteiger charge is 2.08. The molecule has 0 amide bonds. The molecule has 0 saturated carbocycles. The van der Waals surface area contributed by atoms with Gasteiger partial charge in [-0.2, -0.15) is 0 Å². The fourth-order valence-electron chi connectivity index (χ4n) is 2.76. The summed E-state index contributed by atoms with van der Waals surface area (Å²) in [6, 6.07) is 8.49. The number of H-pyrrole nitrogens is 1. The molecule has 4 nitrogen and oxygen atoms in total. The lowest BCUT2D eigenvalue weighted by Crippen LogP contribution is -1.99. The summed E-state index contributed by atoms with van der Waals surface area (Å²) < 4.78 is 2.08. The van der Waals surface area contributed by atoms with Crippen LogP contribution >= 0.6 is 0 Å². The lowest BCUT2D eigenvalue weighted by Gasteiger charge is -2.10. The van der Waals surface area contributed by atoms with Crippen molar-refractivity contribution in [2.75, 3.05) is 0 Å². The zero-order valence-corrected chi connectivity index (χ0v) is 11.2. The van der Waals surface area contributed by atoms with E-state index in [4.69, 9.17) is 0 Å². The Labute approximate surface area is 116 Å². The second-order valence-corrected chi connectivity index (χ2v) is 5.08. The van der Waals surface area contributed by atoms with Crippen molar-refractivity contribution in [2.45, 2.75) is 13.5 Å². The quantitative estimate of drug-likeness (QED) is 0.602. The van der Waals surface area contributed by atoms with Gasteiger partial charge in [0.25, 0.3) is 0 Å². The lowest BCUT2D eigenvalue weighted by molar-refractivity contribution is 0.801. The van der Waals surface area contributed by atoms with E-state index in [1.165, 1.54) is 16.3 Å². The molecular weight excluding hydrogens is 248 g/mol. The second kappa shape index (κ2) is 4.20. The Balaban J connectivity index is 2.00. The van der Waals surface area contributed by atoms with Crippen molar-refractivity contribution < 1.29 is 0 Å². The Morgan fingerprint density at radius 1 is 1.15 bits per heavy atom. The van der Waals surface area contributed by atoms with Crippen LogP contribution in [0, 0.1) is 6.92 Å². The van der Waals surface area contributed by atoms with Gasteiger partial charge in [-0.05, 0) is 30.7 Å². The van der Waals surface area contributed by atoms with Crippen molar-refractivity contribution in [3.05, 3.63) is 60.4 Å². The molecule has 0 aliphatic rings. The number of hydrogen-bond acceptors (Lipinski definition) is 2. The van der Waals surface area contributed by atoms with Crippen LogP contribution in [0.3, 0.4) is 0 Å². The number of pyridine rings is 1. The highest BCUT2D eigenvalue weighted by atomic mass is 15.0. The van der Waals surface area contributed by atoms with Gasteiger partial charge in [-0.15, -0.1) is 0 Å². The van der Waals surface area contributed by atoms with Gasteiger partial charge >= 0.3 is 0 Å². The van der Waals surface area contributed by atoms with Crippen molar-refractivity contribution in [1.82, 2.24) is 19.5 Å². The van der Waals surface area contributed by atoms with Gasteiger partial charge in [-0.3, -0.25) is 4.98 Å². The molecule has 0 aliphatic carbocycles. The van der Waals surface area contributed by atoms with Crippen molar-refractivity contribution >= 4 is 21.8 Å². The van der Waals surface area contributed by atoms with Gasteiger partial charge in [0.15, 0.2) is 0 Å². The standard InChI is InChI=1S/C16H14N4/c1-11-8-12(9-20-7-6-17-10-20)13-2-3-15-14(4-5-18-15)16(13)19-11/h2-8,10,19H,9H2,1H3. The SMILES string of the molecule is Cc1cc(Cn2ccnc2)c2ccc3nccc3c2[nH]1. The van der Waals surface area contributed by atoms with Gasteiger partial charge < -0.3 is 9.55 Å². The number of rotatable bonds is 2. The molecule has 0 radical (unpaired) electrons.